The van der Waals surface area contributed by atoms with Crippen LogP contribution >= 0.6 is 55.1 Å². The number of benzene rings is 8. The number of ether oxygens (including phenoxy) is 3. The second-order valence-electron chi connectivity index (χ2n) is 25.4. The third-order valence-corrected chi connectivity index (χ3v) is 20.3. The second-order valence-corrected chi connectivity index (χ2v) is 29.0. The van der Waals surface area contributed by atoms with Crippen LogP contribution in [0.1, 0.15) is 0 Å². The van der Waals surface area contributed by atoms with E-state index in [9.17, 15) is 17.4 Å². The van der Waals surface area contributed by atoms with E-state index in [0.717, 1.165) is 165 Å². The van der Waals surface area contributed by atoms with Gasteiger partial charge in [0.1, 0.15) is 28.3 Å². The third kappa shape index (κ3) is 21.1. The molecule has 27 heteroatoms. The zero-order valence-corrected chi connectivity index (χ0v) is 65.3. The number of anilines is 2. The normalized spacial score (nSPS) is 13.4. The second kappa shape index (κ2) is 37.9. The molecule has 0 aliphatic carbocycles. The lowest BCUT2D eigenvalue weighted by Crippen LogP contribution is -2.36. The van der Waals surface area contributed by atoms with Crippen LogP contribution in [0.5, 0.6) is 11.5 Å². The molecule has 0 spiro atoms. The number of pyridine rings is 4. The SMILES string of the molecule is Brc1ccn2ccnc2c1.C1COCCN1.Clc1ccc(-c2ccn3ccnc3c2)cc1.O=S(=O)(F)Oc1ccc(-c2cnc3cc(-c4ccc(N5CCOCC5)cc4)ccn23)c2ccccc12.OB(O)c1ccc(Cl)cc1.Oc1ccc(Br)c2ccccc12.c1cn2ccc(-c3ccc(N4CCOCC4)cc3)cc2n1. The molecule has 564 valence electrons. The molecule has 3 aliphatic heterocycles. The zero-order chi connectivity index (χ0) is 77.1. The van der Waals surface area contributed by atoms with E-state index >= 15 is 0 Å². The highest BCUT2D eigenvalue weighted by atomic mass is 79.9. The van der Waals surface area contributed by atoms with Crippen LogP contribution in [-0.2, 0) is 24.7 Å². The Morgan fingerprint density at radius 3 is 1.40 bits per heavy atom. The summed E-state index contributed by atoms with van der Waals surface area (Å²) >= 11 is 18.2. The van der Waals surface area contributed by atoms with E-state index in [-0.39, 0.29) is 5.75 Å². The van der Waals surface area contributed by atoms with Gasteiger partial charge in [0.05, 0.1) is 51.5 Å². The van der Waals surface area contributed by atoms with E-state index in [0.29, 0.717) is 21.6 Å². The van der Waals surface area contributed by atoms with Gasteiger partial charge in [-0.25, -0.2) is 19.9 Å². The average molecular weight is 1680 g/mol. The summed E-state index contributed by atoms with van der Waals surface area (Å²) in [6, 6.07) is 69.3. The summed E-state index contributed by atoms with van der Waals surface area (Å²) < 4.78 is 65.8. The topological polar surface area (TPSA) is 219 Å². The van der Waals surface area contributed by atoms with Crippen molar-refractivity contribution in [2.75, 3.05) is 88.7 Å². The number of morpholine rings is 3. The third-order valence-electron chi connectivity index (χ3n) is 18.2. The lowest BCUT2D eigenvalue weighted by Gasteiger charge is -2.28. The van der Waals surface area contributed by atoms with Crippen molar-refractivity contribution in [3.63, 3.8) is 0 Å². The number of hydrogen-bond acceptors (Lipinski definition) is 16. The van der Waals surface area contributed by atoms with Gasteiger partial charge in [-0.15, -0.1) is 0 Å². The highest BCUT2D eigenvalue weighted by Gasteiger charge is 2.19. The highest BCUT2D eigenvalue weighted by Crippen LogP contribution is 2.37. The Bertz CT molecular complexity index is 5800. The number of nitrogens with one attached hydrogen (secondary N) is 1. The molecular weight excluding hydrogens is 1600 g/mol. The van der Waals surface area contributed by atoms with Crippen LogP contribution in [0.3, 0.4) is 0 Å². The number of halogens is 5. The fourth-order valence-corrected chi connectivity index (χ4v) is 13.9. The predicted molar refractivity (Wildman–Crippen MR) is 448 cm³/mol. The Kier molecular flexibility index (Phi) is 26.9. The molecule has 0 radical (unpaired) electrons. The molecular formula is C84H75BBr2Cl2FN11O9S. The van der Waals surface area contributed by atoms with Crippen LogP contribution in [-0.4, -0.2) is 147 Å². The molecule has 8 aromatic carbocycles. The fraction of sp³-hybridized carbons (Fsp3) is 0.143. The smallest absolute Gasteiger partial charge is 0.488 e. The first kappa shape index (κ1) is 78.6. The van der Waals surface area contributed by atoms with Crippen LogP contribution in [0.2, 0.25) is 10.0 Å². The van der Waals surface area contributed by atoms with Gasteiger partial charge in [0, 0.05) is 148 Å². The molecule has 4 N–H and O–H groups in total. The first-order valence-electron chi connectivity index (χ1n) is 35.5. The number of phenolic OH excluding ortho intramolecular Hbond substituents is 1. The Morgan fingerprint density at radius 1 is 0.459 bits per heavy atom. The van der Waals surface area contributed by atoms with Gasteiger partial charge in [-0.05, 0) is 171 Å². The summed E-state index contributed by atoms with van der Waals surface area (Å²) in [5.41, 5.74) is 15.1. The molecule has 0 atom stereocenters. The van der Waals surface area contributed by atoms with Crippen molar-refractivity contribution in [2.45, 2.75) is 0 Å². The van der Waals surface area contributed by atoms with Crippen LogP contribution < -0.4 is 24.8 Å². The number of hydrogen-bond donors (Lipinski definition) is 4. The molecule has 11 heterocycles. The van der Waals surface area contributed by atoms with E-state index in [1.165, 1.54) is 28.6 Å². The lowest BCUT2D eigenvalue weighted by atomic mass is 9.81. The monoisotopic (exact) mass is 1670 g/mol. The van der Waals surface area contributed by atoms with Gasteiger partial charge in [0.15, 0.2) is 5.75 Å². The quantitative estimate of drug-likeness (QED) is 0.0780. The summed E-state index contributed by atoms with van der Waals surface area (Å²) in [6.45, 7) is 10.7. The molecule has 3 aliphatic rings. The number of nitrogens with zero attached hydrogens (tertiary/aromatic N) is 10. The van der Waals surface area contributed by atoms with E-state index in [4.69, 9.17) is 47.5 Å². The maximum atomic E-state index is 13.2. The van der Waals surface area contributed by atoms with Crippen molar-refractivity contribution in [1.29, 1.82) is 0 Å². The largest absolute Gasteiger partial charge is 0.507 e. The first-order valence-corrected chi connectivity index (χ1v) is 39.1. The Hall–Kier alpha value is -10.5. The van der Waals surface area contributed by atoms with Gasteiger partial charge < -0.3 is 61.9 Å². The van der Waals surface area contributed by atoms with Gasteiger partial charge in [-0.2, -0.15) is 8.42 Å². The van der Waals surface area contributed by atoms with Crippen LogP contribution in [0.15, 0.2) is 295 Å². The van der Waals surface area contributed by atoms with Gasteiger partial charge in [-0.1, -0.05) is 156 Å². The molecule has 111 heavy (non-hydrogen) atoms. The molecule has 3 saturated heterocycles. The molecule has 8 aromatic heterocycles. The van der Waals surface area contributed by atoms with Crippen molar-refractivity contribution in [3.8, 4) is 56.1 Å². The van der Waals surface area contributed by atoms with Crippen molar-refractivity contribution in [2.24, 2.45) is 0 Å². The maximum Gasteiger partial charge on any atom is 0.488 e. The van der Waals surface area contributed by atoms with Gasteiger partial charge in [0.2, 0.25) is 0 Å². The Morgan fingerprint density at radius 2 is 0.910 bits per heavy atom. The molecule has 20 nitrogen and oxygen atoms in total. The summed E-state index contributed by atoms with van der Waals surface area (Å²) in [5.74, 6) is 0.266. The summed E-state index contributed by atoms with van der Waals surface area (Å²) in [4.78, 5) is 22.0. The number of phenols is 1. The van der Waals surface area contributed by atoms with Crippen molar-refractivity contribution in [1.82, 2.24) is 42.9 Å². The fourth-order valence-electron chi connectivity index (χ4n) is 12.5. The van der Waals surface area contributed by atoms with E-state index in [1.54, 1.807) is 67.1 Å². The van der Waals surface area contributed by atoms with Gasteiger partial charge in [-0.3, -0.25) is 4.40 Å². The number of fused-ring (bicyclic) bond motifs is 6. The Labute approximate surface area is 667 Å². The minimum atomic E-state index is -5.14. The summed E-state index contributed by atoms with van der Waals surface area (Å²) in [7, 11) is -6.54. The summed E-state index contributed by atoms with van der Waals surface area (Å²) in [6.07, 6.45) is 21.0. The summed E-state index contributed by atoms with van der Waals surface area (Å²) in [5, 5.41) is 34.4. The van der Waals surface area contributed by atoms with Crippen LogP contribution in [0.25, 0.3) is 88.8 Å². The van der Waals surface area contributed by atoms with E-state index in [2.05, 4.69) is 144 Å². The van der Waals surface area contributed by atoms with Crippen molar-refractivity contribution >= 4 is 134 Å². The van der Waals surface area contributed by atoms with Crippen LogP contribution in [0.4, 0.5) is 15.3 Å². The molecule has 0 amide bonds. The molecule has 3 fully saturated rings. The van der Waals surface area contributed by atoms with E-state index in [1.807, 2.05) is 158 Å². The van der Waals surface area contributed by atoms with Crippen molar-refractivity contribution < 1.29 is 45.9 Å². The number of rotatable bonds is 9. The van der Waals surface area contributed by atoms with E-state index < -0.39 is 17.6 Å². The van der Waals surface area contributed by atoms with Gasteiger partial charge >= 0.3 is 17.6 Å². The number of aromatic hydroxyl groups is 1. The minimum Gasteiger partial charge on any atom is -0.507 e. The average Bonchev–Trinajstić information content (AvgIpc) is 1.72. The standard InChI is InChI=1S/C27H22FN3O4S.C17H17N3O.C13H9ClN2.C10H7BrO.C7H5BrN2.C6H6BClO2.C4H9NO/c28-36(32,33)35-26-10-9-23(22-3-1-2-4-24(22)26)25-18-29-27-17-20(11-12-31(25)27)19-5-7-21(8-6-19)30-13-15-34-16-14-30;1-3-16(19-9-11-21-12-10-19)4-2-14(1)15-5-7-20-8-6-18-17(20)13-15;14-12-3-1-10(2-4-12)11-5-7-16-8-6-15-13(16)9-11;11-9-5-6-10(12)8-4-2-1-3-7(8)9;8-6-1-3-10-4-2-9-7(10)5-6;8-6-3-1-5(2-4-6)7(9)10;1-3-6-4-2-5-1/h1-12,17-18H,13-16H2;1-8,13H,9-12H2;1-9H;1-6,12H;1-5H;1-4,9-10H;5H,1-4H2. The maximum absolute atomic E-state index is 13.2. The molecule has 19 rings (SSSR count). The van der Waals surface area contributed by atoms with Gasteiger partial charge in [0.25, 0.3) is 0 Å². The molecule has 0 bridgehead atoms. The lowest BCUT2D eigenvalue weighted by molar-refractivity contribution is 0.109. The number of aromatic nitrogens is 8. The highest BCUT2D eigenvalue weighted by molar-refractivity contribution is 9.11. The predicted octanol–water partition coefficient (Wildman–Crippen LogP) is 16.8. The molecule has 16 aromatic rings. The van der Waals surface area contributed by atoms with Crippen LogP contribution in [0, 0.1) is 0 Å². The van der Waals surface area contributed by atoms with Crippen molar-refractivity contribution in [3.05, 3.63) is 306 Å². The first-order chi connectivity index (χ1) is 54.0. The number of imidazole rings is 4. The Balaban J connectivity index is 0.000000123. The molecule has 0 saturated carbocycles. The molecule has 0 unspecified atom stereocenters. The zero-order valence-electron chi connectivity index (χ0n) is 59.8. The minimum absolute atomic E-state index is 0.0616.